The van der Waals surface area contributed by atoms with Crippen molar-refractivity contribution in [3.05, 3.63) is 35.9 Å². The number of hydrogen-bond acceptors (Lipinski definition) is 5. The average Bonchev–Trinajstić information content (AvgIpc) is 3.16. The van der Waals surface area contributed by atoms with Crippen LogP contribution >= 0.6 is 0 Å². The van der Waals surface area contributed by atoms with E-state index in [2.05, 4.69) is 15.1 Å². The van der Waals surface area contributed by atoms with Crippen molar-refractivity contribution in [3.63, 3.8) is 0 Å². The summed E-state index contributed by atoms with van der Waals surface area (Å²) in [7, 11) is 0. The molecule has 0 radical (unpaired) electrons. The maximum Gasteiger partial charge on any atom is 0.276 e. The molecular weight excluding hydrogens is 256 g/mol. The highest BCUT2D eigenvalue weighted by atomic mass is 16.5. The first-order valence-electron chi connectivity index (χ1n) is 6.68. The fourth-order valence-electron chi connectivity index (χ4n) is 2.61. The Morgan fingerprint density at radius 1 is 1.30 bits per heavy atom. The Bertz CT molecular complexity index is 755. The number of ether oxygens (including phenoxy) is 1. The normalized spacial score (nSPS) is 18.9. The molecule has 0 aromatic carbocycles. The monoisotopic (exact) mass is 270 g/mol. The predicted octanol–water partition coefficient (Wildman–Crippen LogP) is 2.20. The highest BCUT2D eigenvalue weighted by molar-refractivity contribution is 5.59. The lowest BCUT2D eigenvalue weighted by Gasteiger charge is -1.98. The second-order valence-corrected chi connectivity index (χ2v) is 4.99. The molecule has 1 aliphatic heterocycles. The second-order valence-electron chi connectivity index (χ2n) is 4.99. The molecule has 20 heavy (non-hydrogen) atoms. The lowest BCUT2D eigenvalue weighted by molar-refractivity contribution is 0.192. The van der Waals surface area contributed by atoms with Crippen LogP contribution in [-0.2, 0) is 4.74 Å². The van der Waals surface area contributed by atoms with E-state index in [1.165, 1.54) is 0 Å². The van der Waals surface area contributed by atoms with Crippen LogP contribution in [0.25, 0.3) is 17.2 Å². The Balaban J connectivity index is 1.81. The van der Waals surface area contributed by atoms with Gasteiger partial charge >= 0.3 is 0 Å². The van der Waals surface area contributed by atoms with Crippen LogP contribution in [0, 0.1) is 6.92 Å². The van der Waals surface area contributed by atoms with E-state index >= 15 is 0 Å². The van der Waals surface area contributed by atoms with Crippen LogP contribution in [0.2, 0.25) is 0 Å². The first kappa shape index (κ1) is 11.6. The van der Waals surface area contributed by atoms with Crippen LogP contribution in [-0.4, -0.2) is 32.7 Å². The smallest absolute Gasteiger partial charge is 0.276 e. The van der Waals surface area contributed by atoms with Crippen molar-refractivity contribution in [1.29, 1.82) is 0 Å². The molecule has 0 amide bonds. The molecule has 3 aromatic heterocycles. The lowest BCUT2D eigenvalue weighted by Crippen LogP contribution is -1.99. The van der Waals surface area contributed by atoms with Crippen molar-refractivity contribution in [2.45, 2.75) is 19.3 Å². The van der Waals surface area contributed by atoms with Crippen molar-refractivity contribution in [2.24, 2.45) is 0 Å². The summed E-state index contributed by atoms with van der Waals surface area (Å²) in [6.07, 6.45) is 2.90. The van der Waals surface area contributed by atoms with Crippen LogP contribution < -0.4 is 0 Å². The number of pyridine rings is 1. The summed E-state index contributed by atoms with van der Waals surface area (Å²) in [5, 5.41) is 4.09. The van der Waals surface area contributed by atoms with E-state index in [-0.39, 0.29) is 5.92 Å². The number of aromatic nitrogens is 4. The van der Waals surface area contributed by atoms with E-state index in [9.17, 15) is 0 Å². The van der Waals surface area contributed by atoms with Gasteiger partial charge < -0.3 is 9.26 Å². The molecule has 1 aliphatic rings. The molecule has 0 N–H and O–H groups in total. The molecule has 0 aliphatic carbocycles. The zero-order valence-electron chi connectivity index (χ0n) is 11.1. The molecule has 102 valence electrons. The summed E-state index contributed by atoms with van der Waals surface area (Å²) < 4.78 is 12.8. The molecule has 4 rings (SSSR count). The first-order valence-corrected chi connectivity index (χ1v) is 6.68. The van der Waals surface area contributed by atoms with Gasteiger partial charge in [0.1, 0.15) is 11.3 Å². The molecule has 4 heterocycles. The molecular formula is C14H14N4O2. The van der Waals surface area contributed by atoms with E-state index in [4.69, 9.17) is 9.26 Å². The summed E-state index contributed by atoms with van der Waals surface area (Å²) in [5.74, 6) is 1.48. The van der Waals surface area contributed by atoms with Crippen molar-refractivity contribution < 1.29 is 9.26 Å². The zero-order chi connectivity index (χ0) is 13.5. The molecule has 1 atom stereocenters. The lowest BCUT2D eigenvalue weighted by atomic mass is 10.1. The minimum absolute atomic E-state index is 0.243. The van der Waals surface area contributed by atoms with E-state index < -0.39 is 0 Å². The van der Waals surface area contributed by atoms with E-state index in [0.717, 1.165) is 35.9 Å². The topological polar surface area (TPSA) is 65.5 Å². The molecule has 1 saturated heterocycles. The standard InChI is InChI=1S/C14H14N4O2/c1-9-12(18-6-3-2-4-11(18)15-9)14-16-13(17-20-14)10-5-7-19-8-10/h2-4,6,10H,5,7-8H2,1H3. The van der Waals surface area contributed by atoms with Gasteiger partial charge in [-0.3, -0.25) is 4.40 Å². The summed E-state index contributed by atoms with van der Waals surface area (Å²) in [6.45, 7) is 3.39. The molecule has 6 heteroatoms. The summed E-state index contributed by atoms with van der Waals surface area (Å²) in [5.41, 5.74) is 2.62. The Hall–Kier alpha value is -2.21. The van der Waals surface area contributed by atoms with Crippen LogP contribution in [0.4, 0.5) is 0 Å². The third-order valence-corrected chi connectivity index (χ3v) is 3.64. The van der Waals surface area contributed by atoms with Gasteiger partial charge in [0, 0.05) is 18.7 Å². The Kier molecular flexibility index (Phi) is 2.56. The van der Waals surface area contributed by atoms with Gasteiger partial charge in [0.25, 0.3) is 5.89 Å². The number of hydrogen-bond donors (Lipinski definition) is 0. The zero-order valence-corrected chi connectivity index (χ0v) is 11.1. The molecule has 1 unspecified atom stereocenters. The van der Waals surface area contributed by atoms with Crippen molar-refractivity contribution >= 4 is 5.65 Å². The Labute approximate surface area is 115 Å². The SMILES string of the molecule is Cc1nc2ccccn2c1-c1nc(C2CCOC2)no1. The van der Waals surface area contributed by atoms with Crippen molar-refractivity contribution in [1.82, 2.24) is 19.5 Å². The first-order chi connectivity index (χ1) is 9.83. The van der Waals surface area contributed by atoms with Gasteiger partial charge in [0.15, 0.2) is 5.82 Å². The number of fused-ring (bicyclic) bond motifs is 1. The fraction of sp³-hybridized carbons (Fsp3) is 0.357. The fourth-order valence-corrected chi connectivity index (χ4v) is 2.61. The summed E-state index contributed by atoms with van der Waals surface area (Å²) >= 11 is 0. The van der Waals surface area contributed by atoms with E-state index in [1.54, 1.807) is 0 Å². The second kappa shape index (κ2) is 4.42. The van der Waals surface area contributed by atoms with Gasteiger partial charge in [-0.1, -0.05) is 11.2 Å². The van der Waals surface area contributed by atoms with Gasteiger partial charge in [-0.2, -0.15) is 4.98 Å². The van der Waals surface area contributed by atoms with Crippen LogP contribution in [0.1, 0.15) is 23.9 Å². The van der Waals surface area contributed by atoms with Gasteiger partial charge in [-0.25, -0.2) is 4.98 Å². The highest BCUT2D eigenvalue weighted by Gasteiger charge is 2.25. The van der Waals surface area contributed by atoms with Gasteiger partial charge in [-0.05, 0) is 25.5 Å². The molecule has 0 bridgehead atoms. The quantitative estimate of drug-likeness (QED) is 0.714. The summed E-state index contributed by atoms with van der Waals surface area (Å²) in [4.78, 5) is 9.03. The van der Waals surface area contributed by atoms with Crippen molar-refractivity contribution in [2.75, 3.05) is 13.2 Å². The van der Waals surface area contributed by atoms with Gasteiger partial charge in [-0.15, -0.1) is 0 Å². The third-order valence-electron chi connectivity index (χ3n) is 3.64. The highest BCUT2D eigenvalue weighted by Crippen LogP contribution is 2.27. The van der Waals surface area contributed by atoms with Gasteiger partial charge in [0.2, 0.25) is 0 Å². The number of aryl methyl sites for hydroxylation is 1. The minimum atomic E-state index is 0.243. The largest absolute Gasteiger partial charge is 0.381 e. The molecule has 0 spiro atoms. The maximum absolute atomic E-state index is 5.43. The Morgan fingerprint density at radius 2 is 2.25 bits per heavy atom. The minimum Gasteiger partial charge on any atom is -0.381 e. The average molecular weight is 270 g/mol. The Morgan fingerprint density at radius 3 is 3.10 bits per heavy atom. The maximum atomic E-state index is 5.43. The van der Waals surface area contributed by atoms with Crippen LogP contribution in [0.3, 0.4) is 0 Å². The number of rotatable bonds is 2. The number of nitrogens with zero attached hydrogens (tertiary/aromatic N) is 4. The third kappa shape index (κ3) is 1.72. The van der Waals surface area contributed by atoms with Crippen LogP contribution in [0.5, 0.6) is 0 Å². The molecule has 0 saturated carbocycles. The van der Waals surface area contributed by atoms with E-state index in [0.29, 0.717) is 12.5 Å². The molecule has 6 nitrogen and oxygen atoms in total. The predicted molar refractivity (Wildman–Crippen MR) is 71.4 cm³/mol. The molecule has 3 aromatic rings. The summed E-state index contributed by atoms with van der Waals surface area (Å²) in [6, 6.07) is 5.87. The molecule has 1 fully saturated rings. The van der Waals surface area contributed by atoms with Crippen molar-refractivity contribution in [3.8, 4) is 11.6 Å². The van der Waals surface area contributed by atoms with E-state index in [1.807, 2.05) is 35.7 Å². The number of imidazole rings is 1. The van der Waals surface area contributed by atoms with Gasteiger partial charge in [0.05, 0.1) is 12.3 Å². The van der Waals surface area contributed by atoms with Crippen LogP contribution in [0.15, 0.2) is 28.9 Å².